The number of halogens is 1. The zero-order valence-corrected chi connectivity index (χ0v) is 15.9. The van der Waals surface area contributed by atoms with Crippen molar-refractivity contribution in [2.45, 2.75) is 18.9 Å². The van der Waals surface area contributed by atoms with E-state index in [-0.39, 0.29) is 23.5 Å². The highest BCUT2D eigenvalue weighted by molar-refractivity contribution is 5.96. The van der Waals surface area contributed by atoms with Crippen molar-refractivity contribution in [3.05, 3.63) is 59.8 Å². The average Bonchev–Trinajstić information content (AvgIpc) is 3.44. The van der Waals surface area contributed by atoms with E-state index in [0.29, 0.717) is 44.7 Å². The molecule has 0 N–H and O–H groups in total. The molecule has 3 amide bonds. The first-order valence-corrected chi connectivity index (χ1v) is 9.72. The van der Waals surface area contributed by atoms with Crippen LogP contribution < -0.4 is 0 Å². The van der Waals surface area contributed by atoms with Gasteiger partial charge in [-0.05, 0) is 43.2 Å². The molecule has 29 heavy (non-hydrogen) atoms. The molecule has 8 heteroatoms. The van der Waals surface area contributed by atoms with Gasteiger partial charge in [0, 0.05) is 38.3 Å². The molecule has 1 atom stereocenters. The maximum Gasteiger partial charge on any atom is 0.290 e. The van der Waals surface area contributed by atoms with E-state index >= 15 is 0 Å². The minimum atomic E-state index is -0.502. The number of rotatable bonds is 3. The normalized spacial score (nSPS) is 19.5. The van der Waals surface area contributed by atoms with Crippen LogP contribution in [-0.2, 0) is 4.79 Å². The number of furan rings is 1. The van der Waals surface area contributed by atoms with E-state index in [1.165, 1.54) is 24.5 Å². The fourth-order valence-corrected chi connectivity index (χ4v) is 3.95. The molecular weight excluding hydrogens is 377 g/mol. The third kappa shape index (κ3) is 3.87. The summed E-state index contributed by atoms with van der Waals surface area (Å²) in [7, 11) is 0. The van der Waals surface area contributed by atoms with Crippen LogP contribution in [0.1, 0.15) is 33.8 Å². The van der Waals surface area contributed by atoms with Gasteiger partial charge in [0.1, 0.15) is 11.9 Å². The van der Waals surface area contributed by atoms with Gasteiger partial charge in [-0.25, -0.2) is 4.39 Å². The lowest BCUT2D eigenvalue weighted by molar-refractivity contribution is -0.136. The first-order chi connectivity index (χ1) is 14.0. The number of hydrogen-bond acceptors (Lipinski definition) is 4. The molecule has 2 aromatic rings. The lowest BCUT2D eigenvalue weighted by Crippen LogP contribution is -2.55. The predicted molar refractivity (Wildman–Crippen MR) is 102 cm³/mol. The summed E-state index contributed by atoms with van der Waals surface area (Å²) >= 11 is 0. The van der Waals surface area contributed by atoms with E-state index in [1.807, 2.05) is 0 Å². The van der Waals surface area contributed by atoms with Crippen molar-refractivity contribution in [2.75, 3.05) is 32.7 Å². The predicted octanol–water partition coefficient (Wildman–Crippen LogP) is 2.01. The van der Waals surface area contributed by atoms with Crippen LogP contribution in [0.15, 0.2) is 47.1 Å². The Kier molecular flexibility index (Phi) is 5.33. The van der Waals surface area contributed by atoms with Crippen molar-refractivity contribution < 1.29 is 23.2 Å². The van der Waals surface area contributed by atoms with Crippen molar-refractivity contribution >= 4 is 17.7 Å². The van der Waals surface area contributed by atoms with E-state index < -0.39 is 11.9 Å². The highest BCUT2D eigenvalue weighted by Crippen LogP contribution is 2.23. The summed E-state index contributed by atoms with van der Waals surface area (Å²) in [4.78, 5) is 43.1. The number of carbonyl (C=O) groups is 3. The van der Waals surface area contributed by atoms with E-state index in [4.69, 9.17) is 4.42 Å². The van der Waals surface area contributed by atoms with Crippen LogP contribution in [0.4, 0.5) is 4.39 Å². The molecule has 0 aliphatic carbocycles. The second-order valence-electron chi connectivity index (χ2n) is 7.26. The molecule has 0 radical (unpaired) electrons. The number of carbonyl (C=O) groups excluding carboxylic acids is 3. The molecule has 1 aromatic heterocycles. The Bertz CT molecular complexity index is 906. The minimum absolute atomic E-state index is 0.0970. The number of piperazine rings is 1. The third-order valence-electron chi connectivity index (χ3n) is 5.48. The molecular formula is C21H22FN3O4. The molecule has 2 aliphatic heterocycles. The van der Waals surface area contributed by atoms with Crippen LogP contribution in [0.25, 0.3) is 0 Å². The first-order valence-electron chi connectivity index (χ1n) is 9.72. The van der Waals surface area contributed by atoms with E-state index in [9.17, 15) is 18.8 Å². The Balaban J connectivity index is 1.37. The molecule has 0 bridgehead atoms. The second kappa shape index (κ2) is 8.06. The van der Waals surface area contributed by atoms with Gasteiger partial charge in [0.25, 0.3) is 11.8 Å². The number of benzene rings is 1. The molecule has 0 saturated carbocycles. The lowest BCUT2D eigenvalue weighted by Gasteiger charge is -2.37. The standard InChI is InChI=1S/C21H22FN3O4/c22-16-5-1-4-15(14-16)19(26)23-9-11-24(12-10-23)20(27)17-6-2-8-25(17)21(28)18-7-3-13-29-18/h1,3-5,7,13-14,17H,2,6,8-12H2. The fraction of sp³-hybridized carbons (Fsp3) is 0.381. The number of amides is 3. The maximum atomic E-state index is 13.4. The Morgan fingerprint density at radius 1 is 0.931 bits per heavy atom. The molecule has 2 saturated heterocycles. The molecule has 4 rings (SSSR count). The van der Waals surface area contributed by atoms with Crippen molar-refractivity contribution in [1.82, 2.24) is 14.7 Å². The third-order valence-corrected chi connectivity index (χ3v) is 5.48. The molecule has 7 nitrogen and oxygen atoms in total. The van der Waals surface area contributed by atoms with E-state index in [1.54, 1.807) is 32.9 Å². The van der Waals surface area contributed by atoms with Crippen LogP contribution >= 0.6 is 0 Å². The minimum Gasteiger partial charge on any atom is -0.459 e. The molecule has 1 aromatic carbocycles. The van der Waals surface area contributed by atoms with Crippen molar-refractivity contribution in [1.29, 1.82) is 0 Å². The highest BCUT2D eigenvalue weighted by Gasteiger charge is 2.38. The fourth-order valence-electron chi connectivity index (χ4n) is 3.95. The van der Waals surface area contributed by atoms with Gasteiger partial charge in [-0.15, -0.1) is 0 Å². The Labute approximate surface area is 167 Å². The van der Waals surface area contributed by atoms with Crippen LogP contribution in [0, 0.1) is 5.82 Å². The lowest BCUT2D eigenvalue weighted by atomic mass is 10.1. The van der Waals surface area contributed by atoms with Gasteiger partial charge in [0.05, 0.1) is 6.26 Å². The van der Waals surface area contributed by atoms with Gasteiger partial charge in [0.15, 0.2) is 5.76 Å². The van der Waals surface area contributed by atoms with Crippen LogP contribution in [0.5, 0.6) is 0 Å². The first kappa shape index (κ1) is 19.2. The summed E-state index contributed by atoms with van der Waals surface area (Å²) in [6, 6.07) is 8.35. The zero-order valence-electron chi connectivity index (χ0n) is 15.9. The monoisotopic (exact) mass is 399 g/mol. The average molecular weight is 399 g/mol. The van der Waals surface area contributed by atoms with Crippen molar-refractivity contribution in [3.8, 4) is 0 Å². The Hall–Kier alpha value is -3.16. The molecule has 152 valence electrons. The van der Waals surface area contributed by atoms with Gasteiger partial charge in [-0.2, -0.15) is 0 Å². The van der Waals surface area contributed by atoms with Gasteiger partial charge in [-0.1, -0.05) is 6.07 Å². The van der Waals surface area contributed by atoms with E-state index in [0.717, 1.165) is 6.42 Å². The summed E-state index contributed by atoms with van der Waals surface area (Å²) in [6.07, 6.45) is 2.82. The van der Waals surface area contributed by atoms with Gasteiger partial charge < -0.3 is 19.1 Å². The van der Waals surface area contributed by atoms with E-state index in [2.05, 4.69) is 0 Å². The highest BCUT2D eigenvalue weighted by atomic mass is 19.1. The van der Waals surface area contributed by atoms with Crippen molar-refractivity contribution in [3.63, 3.8) is 0 Å². The summed E-state index contributed by atoms with van der Waals surface area (Å²) < 4.78 is 18.6. The quantitative estimate of drug-likeness (QED) is 0.791. The molecule has 0 spiro atoms. The summed E-state index contributed by atoms with van der Waals surface area (Å²) in [6.45, 7) is 2.05. The number of hydrogen-bond donors (Lipinski definition) is 0. The van der Waals surface area contributed by atoms with Gasteiger partial charge in [-0.3, -0.25) is 14.4 Å². The topological polar surface area (TPSA) is 74.1 Å². The zero-order chi connectivity index (χ0) is 20.4. The van der Waals surface area contributed by atoms with Gasteiger partial charge >= 0.3 is 0 Å². The summed E-state index contributed by atoms with van der Waals surface area (Å²) in [5, 5.41) is 0. The number of nitrogens with zero attached hydrogens (tertiary/aromatic N) is 3. The summed E-state index contributed by atoms with van der Waals surface area (Å²) in [5.41, 5.74) is 0.302. The van der Waals surface area contributed by atoms with Crippen molar-refractivity contribution in [2.24, 2.45) is 0 Å². The molecule has 2 aliphatic rings. The second-order valence-corrected chi connectivity index (χ2v) is 7.26. The largest absolute Gasteiger partial charge is 0.459 e. The molecule has 1 unspecified atom stereocenters. The Morgan fingerprint density at radius 2 is 1.69 bits per heavy atom. The molecule has 3 heterocycles. The number of likely N-dealkylation sites (tertiary alicyclic amines) is 1. The Morgan fingerprint density at radius 3 is 2.38 bits per heavy atom. The maximum absolute atomic E-state index is 13.4. The smallest absolute Gasteiger partial charge is 0.290 e. The SMILES string of the molecule is O=C(c1cccc(F)c1)N1CCN(C(=O)C2CCCN2C(=O)c2ccco2)CC1. The van der Waals surface area contributed by atoms with Crippen LogP contribution in [0.2, 0.25) is 0 Å². The van der Waals surface area contributed by atoms with Crippen LogP contribution in [-0.4, -0.2) is 71.2 Å². The van der Waals surface area contributed by atoms with Crippen LogP contribution in [0.3, 0.4) is 0 Å². The molecule has 2 fully saturated rings. The summed E-state index contributed by atoms with van der Waals surface area (Å²) in [5.74, 6) is -0.833. The van der Waals surface area contributed by atoms with Gasteiger partial charge in [0.2, 0.25) is 5.91 Å².